The summed E-state index contributed by atoms with van der Waals surface area (Å²) in [7, 11) is 4.49. The van der Waals surface area contributed by atoms with Gasteiger partial charge in [0.1, 0.15) is 12.6 Å². The van der Waals surface area contributed by atoms with Crippen LogP contribution >= 0.6 is 0 Å². The quantitative estimate of drug-likeness (QED) is 0.112. The molecule has 0 fully saturated rings. The van der Waals surface area contributed by atoms with E-state index in [1.165, 1.54) is 103 Å². The molecule has 4 nitrogen and oxygen atoms in total. The molecule has 0 aromatic carbocycles. The van der Waals surface area contributed by atoms with Gasteiger partial charge in [-0.25, -0.2) is 0 Å². The summed E-state index contributed by atoms with van der Waals surface area (Å²) in [6.45, 7) is 4.27. The predicted octanol–water partition coefficient (Wildman–Crippen LogP) is 6.78. The van der Waals surface area contributed by atoms with Gasteiger partial charge in [0.25, 0.3) is 0 Å². The van der Waals surface area contributed by atoms with Crippen LogP contribution in [0.5, 0.6) is 0 Å². The Morgan fingerprint density at radius 3 is 1.52 bits per heavy atom. The molecule has 0 saturated heterocycles. The highest BCUT2D eigenvalue weighted by Gasteiger charge is 2.19. The SMILES string of the molecule is CCCCCCCCCCCCCCCC(O)C[N+](C)(C)CCCCCCCCCC(=O)[O-]. The number of likely N-dealkylation sites (N-methyl/N-ethyl adjacent to an activating group) is 1. The van der Waals surface area contributed by atoms with E-state index in [9.17, 15) is 15.0 Å². The molecule has 0 aromatic rings. The monoisotopic (exact) mass is 469 g/mol. The van der Waals surface area contributed by atoms with Gasteiger partial charge in [-0.15, -0.1) is 0 Å². The van der Waals surface area contributed by atoms with E-state index < -0.39 is 5.97 Å². The molecule has 0 aliphatic carbocycles. The molecule has 1 atom stereocenters. The standard InChI is InChI=1S/C29H59NO3/c1-4-5-6-7-8-9-10-11-12-13-15-18-21-24-28(31)27-30(2,3)26-23-20-17-14-16-19-22-25-29(32)33/h28,31H,4-27H2,1-3H3. The zero-order valence-corrected chi connectivity index (χ0v) is 22.8. The Hall–Kier alpha value is -0.610. The number of hydrogen-bond donors (Lipinski definition) is 1. The van der Waals surface area contributed by atoms with Gasteiger partial charge < -0.3 is 19.5 Å². The lowest BCUT2D eigenvalue weighted by Gasteiger charge is -2.32. The summed E-state index contributed by atoms with van der Waals surface area (Å²) in [5, 5.41) is 20.8. The second kappa shape index (κ2) is 23.1. The van der Waals surface area contributed by atoms with Crippen LogP contribution in [0.4, 0.5) is 0 Å². The highest BCUT2D eigenvalue weighted by molar-refractivity contribution is 5.63. The number of carboxylic acid groups (broad SMARTS) is 1. The molecule has 33 heavy (non-hydrogen) atoms. The Labute approximate surface area is 207 Å². The van der Waals surface area contributed by atoms with Gasteiger partial charge >= 0.3 is 0 Å². The van der Waals surface area contributed by atoms with Crippen molar-refractivity contribution in [1.82, 2.24) is 0 Å². The summed E-state index contributed by atoms with van der Waals surface area (Å²) in [6, 6.07) is 0. The molecule has 0 spiro atoms. The van der Waals surface area contributed by atoms with E-state index in [2.05, 4.69) is 21.0 Å². The molecule has 0 heterocycles. The molecule has 4 heteroatoms. The van der Waals surface area contributed by atoms with Gasteiger partial charge in [0.05, 0.1) is 20.6 Å². The fourth-order valence-electron chi connectivity index (χ4n) is 4.84. The van der Waals surface area contributed by atoms with E-state index in [1.807, 2.05) is 0 Å². The molecule has 0 radical (unpaired) electrons. The number of carboxylic acids is 1. The first kappa shape index (κ1) is 32.4. The Morgan fingerprint density at radius 2 is 1.06 bits per heavy atom. The summed E-state index contributed by atoms with van der Waals surface area (Å²) in [6.07, 6.45) is 26.5. The van der Waals surface area contributed by atoms with Gasteiger partial charge in [0.15, 0.2) is 0 Å². The number of carbonyl (C=O) groups excluding carboxylic acids is 1. The van der Waals surface area contributed by atoms with Crippen LogP contribution in [0.3, 0.4) is 0 Å². The summed E-state index contributed by atoms with van der Waals surface area (Å²) in [5.41, 5.74) is 0. The summed E-state index contributed by atoms with van der Waals surface area (Å²) >= 11 is 0. The van der Waals surface area contributed by atoms with Gasteiger partial charge in [0.2, 0.25) is 0 Å². The fraction of sp³-hybridized carbons (Fsp3) is 0.966. The zero-order chi connectivity index (χ0) is 24.6. The van der Waals surface area contributed by atoms with Gasteiger partial charge in [0, 0.05) is 5.97 Å². The molecule has 0 rings (SSSR count). The Morgan fingerprint density at radius 1 is 0.667 bits per heavy atom. The average molecular weight is 470 g/mol. The van der Waals surface area contributed by atoms with E-state index in [0.29, 0.717) is 0 Å². The van der Waals surface area contributed by atoms with E-state index in [-0.39, 0.29) is 12.5 Å². The average Bonchev–Trinajstić information content (AvgIpc) is 2.75. The van der Waals surface area contributed by atoms with Crippen LogP contribution in [-0.4, -0.2) is 48.8 Å². The van der Waals surface area contributed by atoms with Crippen molar-refractivity contribution >= 4 is 5.97 Å². The first-order valence-electron chi connectivity index (χ1n) is 14.6. The molecule has 0 aliphatic heterocycles. The molecular formula is C29H59NO3. The molecule has 1 unspecified atom stereocenters. The van der Waals surface area contributed by atoms with Crippen molar-refractivity contribution < 1.29 is 19.5 Å². The number of hydrogen-bond acceptors (Lipinski definition) is 3. The molecule has 198 valence electrons. The lowest BCUT2D eigenvalue weighted by Crippen LogP contribution is -2.45. The van der Waals surface area contributed by atoms with Crippen molar-refractivity contribution in [3.63, 3.8) is 0 Å². The van der Waals surface area contributed by atoms with Gasteiger partial charge in [-0.05, 0) is 32.1 Å². The highest BCUT2D eigenvalue weighted by atomic mass is 16.4. The minimum atomic E-state index is -0.925. The smallest absolute Gasteiger partial charge is 0.105 e. The normalized spacial score (nSPS) is 12.8. The van der Waals surface area contributed by atoms with Crippen molar-refractivity contribution in [3.8, 4) is 0 Å². The Kier molecular flexibility index (Phi) is 22.7. The third-order valence-electron chi connectivity index (χ3n) is 6.99. The minimum Gasteiger partial charge on any atom is -0.550 e. The number of nitrogens with zero attached hydrogens (tertiary/aromatic N) is 1. The van der Waals surface area contributed by atoms with E-state index in [0.717, 1.165) is 49.7 Å². The van der Waals surface area contributed by atoms with E-state index in [4.69, 9.17) is 0 Å². The van der Waals surface area contributed by atoms with Crippen LogP contribution in [0.1, 0.15) is 148 Å². The maximum absolute atomic E-state index is 10.5. The van der Waals surface area contributed by atoms with Crippen molar-refractivity contribution in [2.24, 2.45) is 0 Å². The zero-order valence-electron chi connectivity index (χ0n) is 22.8. The van der Waals surface area contributed by atoms with Crippen LogP contribution in [-0.2, 0) is 4.79 Å². The Balaban J connectivity index is 3.46. The summed E-state index contributed by atoms with van der Waals surface area (Å²) in [4.78, 5) is 10.4. The van der Waals surface area contributed by atoms with Crippen molar-refractivity contribution in [2.75, 3.05) is 27.2 Å². The molecule has 0 bridgehead atoms. The molecule has 0 amide bonds. The van der Waals surface area contributed by atoms with Gasteiger partial charge in [-0.1, -0.05) is 116 Å². The number of carbonyl (C=O) groups is 1. The van der Waals surface area contributed by atoms with Gasteiger partial charge in [-0.3, -0.25) is 0 Å². The number of quaternary nitrogens is 1. The lowest BCUT2D eigenvalue weighted by atomic mass is 10.0. The van der Waals surface area contributed by atoms with Crippen LogP contribution in [0.2, 0.25) is 0 Å². The number of rotatable bonds is 26. The fourth-order valence-corrected chi connectivity index (χ4v) is 4.84. The van der Waals surface area contributed by atoms with Crippen LogP contribution < -0.4 is 5.11 Å². The maximum Gasteiger partial charge on any atom is 0.105 e. The lowest BCUT2D eigenvalue weighted by molar-refractivity contribution is -0.893. The predicted molar refractivity (Wildman–Crippen MR) is 140 cm³/mol. The largest absolute Gasteiger partial charge is 0.550 e. The second-order valence-corrected chi connectivity index (χ2v) is 11.1. The van der Waals surface area contributed by atoms with Crippen molar-refractivity contribution in [3.05, 3.63) is 0 Å². The number of aliphatic hydroxyl groups excluding tert-OH is 1. The number of aliphatic carboxylic acids is 1. The third kappa shape index (κ3) is 25.8. The third-order valence-corrected chi connectivity index (χ3v) is 6.99. The number of unbranched alkanes of at least 4 members (excludes halogenated alkanes) is 18. The molecular weight excluding hydrogens is 410 g/mol. The van der Waals surface area contributed by atoms with E-state index >= 15 is 0 Å². The van der Waals surface area contributed by atoms with Gasteiger partial charge in [-0.2, -0.15) is 0 Å². The van der Waals surface area contributed by atoms with E-state index in [1.54, 1.807) is 0 Å². The summed E-state index contributed by atoms with van der Waals surface area (Å²) < 4.78 is 0.908. The Bertz CT molecular complexity index is 425. The first-order chi connectivity index (χ1) is 15.9. The highest BCUT2D eigenvalue weighted by Crippen LogP contribution is 2.15. The maximum atomic E-state index is 10.5. The van der Waals surface area contributed by atoms with Crippen LogP contribution in [0.15, 0.2) is 0 Å². The topological polar surface area (TPSA) is 60.4 Å². The summed E-state index contributed by atoms with van der Waals surface area (Å²) in [5.74, 6) is -0.925. The van der Waals surface area contributed by atoms with Crippen molar-refractivity contribution in [1.29, 1.82) is 0 Å². The number of aliphatic hydroxyl groups is 1. The second-order valence-electron chi connectivity index (χ2n) is 11.1. The molecule has 0 aliphatic rings. The molecule has 0 saturated carbocycles. The van der Waals surface area contributed by atoms with Crippen LogP contribution in [0, 0.1) is 0 Å². The first-order valence-corrected chi connectivity index (χ1v) is 14.6. The van der Waals surface area contributed by atoms with Crippen LogP contribution in [0.25, 0.3) is 0 Å². The minimum absolute atomic E-state index is 0.170. The van der Waals surface area contributed by atoms with Crippen molar-refractivity contribution in [2.45, 2.75) is 154 Å². The molecule has 1 N–H and O–H groups in total. The molecule has 0 aromatic heterocycles.